The largest absolute Gasteiger partial charge is 0.461 e. The molecule has 1 fully saturated rings. The van der Waals surface area contributed by atoms with E-state index in [4.69, 9.17) is 10.5 Å². The van der Waals surface area contributed by atoms with Crippen LogP contribution in [0.3, 0.4) is 0 Å². The van der Waals surface area contributed by atoms with Gasteiger partial charge in [-0.05, 0) is 11.8 Å². The van der Waals surface area contributed by atoms with Crippen molar-refractivity contribution in [2.24, 2.45) is 17.6 Å². The van der Waals surface area contributed by atoms with E-state index in [1.165, 1.54) is 13.8 Å². The summed E-state index contributed by atoms with van der Waals surface area (Å²) in [6.07, 6.45) is -7.30. The summed E-state index contributed by atoms with van der Waals surface area (Å²) in [7, 11) is 0. The molecule has 184 valence electrons. The normalized spacial score (nSPS) is 21.5. The van der Waals surface area contributed by atoms with Gasteiger partial charge in [-0.1, -0.05) is 27.7 Å². The maximum absolute atomic E-state index is 13.6. The Labute approximate surface area is 182 Å². The van der Waals surface area contributed by atoms with E-state index in [2.05, 4.69) is 0 Å². The Morgan fingerprint density at radius 2 is 1.56 bits per heavy atom. The molecule has 0 aromatic carbocycles. The smallest absolute Gasteiger partial charge is 0.461 e. The van der Waals surface area contributed by atoms with Crippen LogP contribution in [0.2, 0.25) is 0 Å². The van der Waals surface area contributed by atoms with Crippen LogP contribution in [0.1, 0.15) is 41.0 Å². The molecule has 0 bridgehead atoms. The van der Waals surface area contributed by atoms with Crippen molar-refractivity contribution in [2.45, 2.75) is 77.4 Å². The topological polar surface area (TPSA) is 119 Å². The lowest BCUT2D eigenvalue weighted by Gasteiger charge is -2.31. The van der Waals surface area contributed by atoms with Crippen LogP contribution in [-0.2, 0) is 23.9 Å². The van der Waals surface area contributed by atoms with E-state index >= 15 is 0 Å². The van der Waals surface area contributed by atoms with E-state index in [-0.39, 0.29) is 18.9 Å². The zero-order valence-corrected chi connectivity index (χ0v) is 18.3. The van der Waals surface area contributed by atoms with Crippen molar-refractivity contribution in [1.82, 2.24) is 10.2 Å². The van der Waals surface area contributed by atoms with Crippen LogP contribution in [0.4, 0.5) is 22.0 Å². The minimum atomic E-state index is -6.14. The van der Waals surface area contributed by atoms with Crippen molar-refractivity contribution in [1.29, 1.82) is 0 Å². The number of rotatable bonds is 8. The fraction of sp³-hybridized carbons (Fsp3) is 0.789. The second kappa shape index (κ2) is 10.1. The van der Waals surface area contributed by atoms with E-state index in [1.807, 2.05) is 5.32 Å². The maximum atomic E-state index is 13.6. The summed E-state index contributed by atoms with van der Waals surface area (Å²) in [5.41, 5.74) is 5.84. The molecule has 1 heterocycles. The molecule has 1 saturated heterocycles. The number of carbonyl (C=O) groups excluding carboxylic acids is 4. The molecule has 3 N–H and O–H groups in total. The molecule has 0 aromatic rings. The Morgan fingerprint density at radius 3 is 1.97 bits per heavy atom. The standard InChI is InChI=1S/C19H28F5N3O5/c1-8(2)13(25)17(31)27-7-11(32-10(5)28)6-12(27)16(30)26-14(9(3)4)15(29)18(20,21)19(22,23)24/h8-9,11-14H,6-7,25H2,1-5H3,(H,26,30)/t11-,12+,13+,14?/m1/s1. The zero-order valence-electron chi connectivity index (χ0n) is 18.3. The van der Waals surface area contributed by atoms with Crippen LogP contribution in [-0.4, -0.2) is 71.3 Å². The van der Waals surface area contributed by atoms with Gasteiger partial charge in [-0.25, -0.2) is 0 Å². The third kappa shape index (κ3) is 6.14. The molecule has 1 aliphatic heterocycles. The summed E-state index contributed by atoms with van der Waals surface area (Å²) in [4.78, 5) is 49.8. The van der Waals surface area contributed by atoms with Crippen molar-refractivity contribution < 1.29 is 45.9 Å². The highest BCUT2D eigenvalue weighted by molar-refractivity contribution is 5.97. The molecule has 0 saturated carbocycles. The van der Waals surface area contributed by atoms with Gasteiger partial charge in [0.2, 0.25) is 17.6 Å². The second-order valence-corrected chi connectivity index (χ2v) is 8.41. The fourth-order valence-corrected chi connectivity index (χ4v) is 3.21. The molecule has 0 spiro atoms. The first-order valence-corrected chi connectivity index (χ1v) is 9.94. The highest BCUT2D eigenvalue weighted by atomic mass is 19.4. The van der Waals surface area contributed by atoms with E-state index < -0.39 is 65.8 Å². The van der Waals surface area contributed by atoms with Crippen LogP contribution in [0.25, 0.3) is 0 Å². The van der Waals surface area contributed by atoms with E-state index in [0.29, 0.717) is 0 Å². The SMILES string of the molecule is CC(=O)O[C@@H]1C[C@@H](C(=O)NC(C(=O)C(F)(F)C(F)(F)F)C(C)C)N(C(=O)[C@@H](N)C(C)C)C1. The van der Waals surface area contributed by atoms with Crippen LogP contribution in [0, 0.1) is 11.8 Å². The van der Waals surface area contributed by atoms with Gasteiger partial charge in [0.05, 0.1) is 18.6 Å². The first-order chi connectivity index (χ1) is 14.4. The molecule has 13 heteroatoms. The molecule has 32 heavy (non-hydrogen) atoms. The number of ether oxygens (including phenoxy) is 1. The van der Waals surface area contributed by atoms with Gasteiger partial charge in [-0.15, -0.1) is 0 Å². The summed E-state index contributed by atoms with van der Waals surface area (Å²) in [6, 6.07) is -4.61. The fourth-order valence-electron chi connectivity index (χ4n) is 3.21. The van der Waals surface area contributed by atoms with Gasteiger partial charge in [-0.2, -0.15) is 22.0 Å². The Kier molecular flexibility index (Phi) is 8.74. The highest BCUT2D eigenvalue weighted by Gasteiger charge is 2.65. The Morgan fingerprint density at radius 1 is 1.03 bits per heavy atom. The van der Waals surface area contributed by atoms with E-state index in [9.17, 15) is 41.1 Å². The monoisotopic (exact) mass is 473 g/mol. The minimum Gasteiger partial charge on any atom is -0.461 e. The molecule has 4 atom stereocenters. The molecular formula is C19H28F5N3O5. The summed E-state index contributed by atoms with van der Waals surface area (Å²) < 4.78 is 70.2. The summed E-state index contributed by atoms with van der Waals surface area (Å²) in [6.45, 7) is 6.53. The molecule has 1 unspecified atom stereocenters. The number of esters is 1. The highest BCUT2D eigenvalue weighted by Crippen LogP contribution is 2.37. The number of hydrogen-bond donors (Lipinski definition) is 2. The van der Waals surface area contributed by atoms with E-state index in [0.717, 1.165) is 11.8 Å². The number of nitrogens with one attached hydrogen (secondary N) is 1. The third-order valence-corrected chi connectivity index (χ3v) is 5.10. The lowest BCUT2D eigenvalue weighted by atomic mass is 9.95. The first-order valence-electron chi connectivity index (χ1n) is 9.94. The van der Waals surface area contributed by atoms with Crippen LogP contribution >= 0.6 is 0 Å². The quantitative estimate of drug-likeness (QED) is 0.407. The second-order valence-electron chi connectivity index (χ2n) is 8.41. The van der Waals surface area contributed by atoms with Gasteiger partial charge in [0.15, 0.2) is 0 Å². The summed E-state index contributed by atoms with van der Waals surface area (Å²) >= 11 is 0. The summed E-state index contributed by atoms with van der Waals surface area (Å²) in [5, 5.41) is 1.92. The number of Topliss-reactive ketones (excluding diaryl/α,β-unsaturated/α-hetero) is 1. The van der Waals surface area contributed by atoms with Gasteiger partial charge in [0, 0.05) is 13.3 Å². The predicted molar refractivity (Wildman–Crippen MR) is 101 cm³/mol. The molecule has 0 radical (unpaired) electrons. The predicted octanol–water partition coefficient (Wildman–Crippen LogP) is 1.41. The molecule has 0 aromatic heterocycles. The van der Waals surface area contributed by atoms with E-state index in [1.54, 1.807) is 13.8 Å². The number of nitrogens with zero attached hydrogens (tertiary/aromatic N) is 1. The molecular weight excluding hydrogens is 445 g/mol. The number of ketones is 1. The van der Waals surface area contributed by atoms with Crippen molar-refractivity contribution in [2.75, 3.05) is 6.54 Å². The third-order valence-electron chi connectivity index (χ3n) is 5.10. The Balaban J connectivity index is 3.19. The van der Waals surface area contributed by atoms with Gasteiger partial charge in [0.25, 0.3) is 0 Å². The molecule has 1 rings (SSSR count). The maximum Gasteiger partial charge on any atom is 0.461 e. The molecule has 8 nitrogen and oxygen atoms in total. The Hall–Kier alpha value is -2.31. The van der Waals surface area contributed by atoms with Crippen molar-refractivity contribution in [3.05, 3.63) is 0 Å². The van der Waals surface area contributed by atoms with Gasteiger partial charge in [0.1, 0.15) is 12.1 Å². The van der Waals surface area contributed by atoms with Crippen LogP contribution in [0.5, 0.6) is 0 Å². The van der Waals surface area contributed by atoms with Gasteiger partial charge < -0.3 is 20.7 Å². The summed E-state index contributed by atoms with van der Waals surface area (Å²) in [5.74, 6) is -12.2. The van der Waals surface area contributed by atoms with Crippen LogP contribution in [0.15, 0.2) is 0 Å². The van der Waals surface area contributed by atoms with Gasteiger partial charge >= 0.3 is 18.1 Å². The van der Waals surface area contributed by atoms with Crippen molar-refractivity contribution >= 4 is 23.6 Å². The lowest BCUT2D eigenvalue weighted by Crippen LogP contribution is -2.59. The average molecular weight is 473 g/mol. The number of alkyl halides is 5. The number of likely N-dealkylation sites (tertiary alicyclic amines) is 1. The number of halogens is 5. The molecule has 0 aliphatic carbocycles. The molecule has 2 amide bonds. The Bertz CT molecular complexity index is 741. The van der Waals surface area contributed by atoms with Crippen molar-refractivity contribution in [3.63, 3.8) is 0 Å². The number of nitrogens with two attached hydrogens (primary N) is 1. The minimum absolute atomic E-state index is 0.226. The van der Waals surface area contributed by atoms with Crippen molar-refractivity contribution in [3.8, 4) is 0 Å². The molecule has 1 aliphatic rings. The van der Waals surface area contributed by atoms with Gasteiger partial charge in [-0.3, -0.25) is 19.2 Å². The van der Waals surface area contributed by atoms with Crippen LogP contribution < -0.4 is 11.1 Å². The average Bonchev–Trinajstić information content (AvgIpc) is 3.05. The number of amides is 2. The first kappa shape index (κ1) is 27.7. The zero-order chi connectivity index (χ0) is 25.2. The lowest BCUT2D eigenvalue weighted by molar-refractivity contribution is -0.270. The number of carbonyl (C=O) groups is 4. The number of hydrogen-bond acceptors (Lipinski definition) is 6.